The van der Waals surface area contributed by atoms with Crippen molar-refractivity contribution in [3.05, 3.63) is 58.7 Å². The third kappa shape index (κ3) is 5.59. The van der Waals surface area contributed by atoms with Gasteiger partial charge in [0.05, 0.1) is 25.3 Å². The quantitative estimate of drug-likeness (QED) is 0.212. The second kappa shape index (κ2) is 11.8. The topological polar surface area (TPSA) is 106 Å². The number of rotatable bonds is 11. The molecule has 1 fully saturated rings. The molecule has 2 aromatic rings. The van der Waals surface area contributed by atoms with Crippen LogP contribution in [0.4, 0.5) is 0 Å². The maximum absolute atomic E-state index is 13.1. The van der Waals surface area contributed by atoms with Gasteiger partial charge in [-0.15, -0.1) is 0 Å². The molecular formula is C27H33NO7. The highest BCUT2D eigenvalue weighted by molar-refractivity contribution is 6.46. The van der Waals surface area contributed by atoms with Gasteiger partial charge < -0.3 is 29.3 Å². The molecule has 0 unspecified atom stereocenters. The number of carbonyl (C=O) groups is 2. The summed E-state index contributed by atoms with van der Waals surface area (Å²) in [6, 6.07) is 8.95. The molecule has 1 heterocycles. The number of hydrogen-bond donors (Lipinski definition) is 2. The van der Waals surface area contributed by atoms with Gasteiger partial charge in [0.15, 0.2) is 11.5 Å². The molecular weight excluding hydrogens is 450 g/mol. The van der Waals surface area contributed by atoms with Gasteiger partial charge in [0.2, 0.25) is 0 Å². The Morgan fingerprint density at radius 2 is 1.80 bits per heavy atom. The van der Waals surface area contributed by atoms with Gasteiger partial charge in [0.25, 0.3) is 11.7 Å². The molecule has 188 valence electrons. The fourth-order valence-electron chi connectivity index (χ4n) is 4.14. The first-order chi connectivity index (χ1) is 16.8. The molecule has 1 atom stereocenters. The van der Waals surface area contributed by atoms with Gasteiger partial charge in [-0.25, -0.2) is 0 Å². The van der Waals surface area contributed by atoms with Crippen LogP contribution in [0.25, 0.3) is 5.76 Å². The molecule has 3 rings (SSSR count). The van der Waals surface area contributed by atoms with Crippen molar-refractivity contribution in [3.8, 4) is 17.2 Å². The van der Waals surface area contributed by atoms with Crippen molar-refractivity contribution in [2.45, 2.75) is 39.2 Å². The second-order valence-corrected chi connectivity index (χ2v) is 8.45. The number of phenols is 1. The van der Waals surface area contributed by atoms with E-state index in [1.54, 1.807) is 37.4 Å². The number of aromatic hydroxyl groups is 1. The van der Waals surface area contributed by atoms with Crippen LogP contribution in [-0.2, 0) is 14.3 Å². The van der Waals surface area contributed by atoms with Crippen LogP contribution in [0.2, 0.25) is 0 Å². The second-order valence-electron chi connectivity index (χ2n) is 8.45. The van der Waals surface area contributed by atoms with Gasteiger partial charge in [-0.1, -0.05) is 19.4 Å². The Kier molecular flexibility index (Phi) is 8.76. The molecule has 8 nitrogen and oxygen atoms in total. The first-order valence-corrected chi connectivity index (χ1v) is 11.7. The molecule has 0 bridgehead atoms. The van der Waals surface area contributed by atoms with Crippen molar-refractivity contribution in [2.24, 2.45) is 0 Å². The van der Waals surface area contributed by atoms with Crippen LogP contribution in [0.1, 0.15) is 48.9 Å². The molecule has 0 aliphatic carbocycles. The van der Waals surface area contributed by atoms with E-state index in [1.807, 2.05) is 6.92 Å². The number of benzene rings is 2. The van der Waals surface area contributed by atoms with Crippen molar-refractivity contribution in [1.29, 1.82) is 0 Å². The predicted molar refractivity (Wildman–Crippen MR) is 132 cm³/mol. The monoisotopic (exact) mass is 483 g/mol. The lowest BCUT2D eigenvalue weighted by Gasteiger charge is -2.25. The van der Waals surface area contributed by atoms with Crippen molar-refractivity contribution in [1.82, 2.24) is 4.90 Å². The fraction of sp³-hybridized carbons (Fsp3) is 0.407. The first kappa shape index (κ1) is 26.1. The van der Waals surface area contributed by atoms with E-state index >= 15 is 0 Å². The Hall–Kier alpha value is -3.52. The van der Waals surface area contributed by atoms with E-state index < -0.39 is 17.7 Å². The number of methoxy groups -OCH3 is 2. The van der Waals surface area contributed by atoms with Gasteiger partial charge in [0, 0.05) is 25.8 Å². The summed E-state index contributed by atoms with van der Waals surface area (Å²) < 4.78 is 16.1. The number of phenolic OH excluding ortho intramolecular Hbond substituents is 1. The lowest BCUT2D eigenvalue weighted by atomic mass is 9.94. The van der Waals surface area contributed by atoms with E-state index in [2.05, 4.69) is 6.92 Å². The summed E-state index contributed by atoms with van der Waals surface area (Å²) >= 11 is 0. The van der Waals surface area contributed by atoms with E-state index in [-0.39, 0.29) is 29.4 Å². The number of aliphatic hydroxyl groups excluding tert-OH is 1. The minimum atomic E-state index is -0.845. The average Bonchev–Trinajstić information content (AvgIpc) is 3.10. The highest BCUT2D eigenvalue weighted by atomic mass is 16.5. The largest absolute Gasteiger partial charge is 0.507 e. The van der Waals surface area contributed by atoms with Crippen LogP contribution in [0.5, 0.6) is 17.2 Å². The zero-order chi connectivity index (χ0) is 25.5. The molecule has 1 aliphatic rings. The molecule has 0 aromatic heterocycles. The van der Waals surface area contributed by atoms with Crippen molar-refractivity contribution in [3.63, 3.8) is 0 Å². The third-order valence-electron chi connectivity index (χ3n) is 6.01. The first-order valence-electron chi connectivity index (χ1n) is 11.7. The summed E-state index contributed by atoms with van der Waals surface area (Å²) in [7, 11) is 2.98. The summed E-state index contributed by atoms with van der Waals surface area (Å²) in [5.74, 6) is -0.891. The van der Waals surface area contributed by atoms with E-state index in [0.717, 1.165) is 18.4 Å². The molecule has 2 N–H and O–H groups in total. The van der Waals surface area contributed by atoms with E-state index in [4.69, 9.17) is 14.2 Å². The summed E-state index contributed by atoms with van der Waals surface area (Å²) in [5.41, 5.74) is 1.74. The predicted octanol–water partition coefficient (Wildman–Crippen LogP) is 4.35. The number of carbonyl (C=O) groups excluding carboxylic acids is 2. The van der Waals surface area contributed by atoms with Crippen LogP contribution in [-0.4, -0.2) is 60.8 Å². The highest BCUT2D eigenvalue weighted by Gasteiger charge is 2.46. The normalized spacial score (nSPS) is 17.1. The number of likely N-dealkylation sites (tertiary alicyclic amines) is 1. The van der Waals surface area contributed by atoms with Gasteiger partial charge in [-0.2, -0.15) is 0 Å². The molecule has 1 amide bonds. The smallest absolute Gasteiger partial charge is 0.295 e. The number of ether oxygens (including phenoxy) is 3. The van der Waals surface area contributed by atoms with Crippen LogP contribution in [0, 0.1) is 6.92 Å². The molecule has 1 aliphatic heterocycles. The Balaban J connectivity index is 2.08. The number of Topliss-reactive ketones (excluding diaryl/α,β-unsaturated/α-hetero) is 1. The summed E-state index contributed by atoms with van der Waals surface area (Å²) in [4.78, 5) is 27.6. The third-order valence-corrected chi connectivity index (χ3v) is 6.01. The van der Waals surface area contributed by atoms with Crippen LogP contribution < -0.4 is 9.47 Å². The summed E-state index contributed by atoms with van der Waals surface area (Å²) in [5, 5.41) is 21.3. The SMILES string of the molecule is CCCCOc1ccc(C(O)=C2C(=O)C(=O)N(CCCOC)[C@@H]2c2ccc(O)c(OC)c2)cc1C. The molecule has 1 saturated heterocycles. The van der Waals surface area contributed by atoms with E-state index in [1.165, 1.54) is 18.1 Å². The average molecular weight is 484 g/mol. The van der Waals surface area contributed by atoms with Crippen LogP contribution >= 0.6 is 0 Å². The number of amides is 1. The van der Waals surface area contributed by atoms with Gasteiger partial charge in [0.1, 0.15) is 11.5 Å². The van der Waals surface area contributed by atoms with Crippen LogP contribution in [0.3, 0.4) is 0 Å². The molecule has 0 saturated carbocycles. The maximum atomic E-state index is 13.1. The zero-order valence-corrected chi connectivity index (χ0v) is 20.7. The minimum Gasteiger partial charge on any atom is -0.507 e. The van der Waals surface area contributed by atoms with Crippen molar-refractivity contribution >= 4 is 17.4 Å². The lowest BCUT2D eigenvalue weighted by Crippen LogP contribution is -2.31. The Labute approximate surface area is 205 Å². The molecule has 2 aromatic carbocycles. The minimum absolute atomic E-state index is 0.0146. The number of nitrogens with zero attached hydrogens (tertiary/aromatic N) is 1. The fourth-order valence-corrected chi connectivity index (χ4v) is 4.14. The van der Waals surface area contributed by atoms with E-state index in [0.29, 0.717) is 36.5 Å². The summed E-state index contributed by atoms with van der Waals surface area (Å²) in [6.45, 7) is 5.21. The number of aliphatic hydroxyl groups is 1. The Bertz CT molecular complexity index is 1110. The number of ketones is 1. The van der Waals surface area contributed by atoms with Crippen molar-refractivity contribution < 1.29 is 34.0 Å². The Morgan fingerprint density at radius 3 is 2.46 bits per heavy atom. The standard InChI is InChI=1S/C27H33NO7/c1-5-6-14-35-21-11-9-19(15-17(21)2)25(30)23-24(18-8-10-20(29)22(16-18)34-4)28(12-7-13-33-3)27(32)26(23)31/h8-11,15-16,24,29-30H,5-7,12-14H2,1-4H3/t24-/m1/s1. The number of unbranched alkanes of at least 4 members (excludes halogenated alkanes) is 1. The Morgan fingerprint density at radius 1 is 1.03 bits per heavy atom. The van der Waals surface area contributed by atoms with Crippen LogP contribution in [0.15, 0.2) is 42.0 Å². The van der Waals surface area contributed by atoms with Gasteiger partial charge >= 0.3 is 0 Å². The maximum Gasteiger partial charge on any atom is 0.295 e. The van der Waals surface area contributed by atoms with E-state index in [9.17, 15) is 19.8 Å². The molecule has 35 heavy (non-hydrogen) atoms. The highest BCUT2D eigenvalue weighted by Crippen LogP contribution is 2.42. The van der Waals surface area contributed by atoms with Crippen molar-refractivity contribution in [2.75, 3.05) is 34.0 Å². The molecule has 0 radical (unpaired) electrons. The number of hydrogen-bond acceptors (Lipinski definition) is 7. The zero-order valence-electron chi connectivity index (χ0n) is 20.7. The van der Waals surface area contributed by atoms with Gasteiger partial charge in [-0.05, 0) is 61.2 Å². The molecule has 0 spiro atoms. The van der Waals surface area contributed by atoms with Gasteiger partial charge in [-0.3, -0.25) is 9.59 Å². The summed E-state index contributed by atoms with van der Waals surface area (Å²) in [6.07, 6.45) is 2.46. The molecule has 8 heteroatoms. The lowest BCUT2D eigenvalue weighted by molar-refractivity contribution is -0.140. The number of aryl methyl sites for hydroxylation is 1.